The highest BCUT2D eigenvalue weighted by molar-refractivity contribution is 7.99. The quantitative estimate of drug-likeness (QED) is 0.628. The second-order valence-electron chi connectivity index (χ2n) is 4.56. The molecule has 23 heavy (non-hydrogen) atoms. The van der Waals surface area contributed by atoms with Crippen LogP contribution in [0.2, 0.25) is 0 Å². The van der Waals surface area contributed by atoms with E-state index in [0.29, 0.717) is 11.3 Å². The molecule has 5 heteroatoms. The van der Waals surface area contributed by atoms with E-state index >= 15 is 0 Å². The zero-order valence-electron chi connectivity index (χ0n) is 12.2. The predicted molar refractivity (Wildman–Crippen MR) is 90.8 cm³/mol. The number of carbonyl (C=O) groups is 1. The van der Waals surface area contributed by atoms with Crippen molar-refractivity contribution in [2.24, 2.45) is 0 Å². The minimum atomic E-state index is -0.635. The van der Waals surface area contributed by atoms with Crippen LogP contribution in [0.25, 0.3) is 11.0 Å². The fraction of sp³-hybridized carbons (Fsp3) is 0.167. The summed E-state index contributed by atoms with van der Waals surface area (Å²) in [5.74, 6) is 12.6. The molecule has 1 unspecified atom stereocenters. The Balaban J connectivity index is 1.79. The van der Waals surface area contributed by atoms with E-state index < -0.39 is 12.1 Å². The van der Waals surface area contributed by atoms with Crippen LogP contribution in [0.15, 0.2) is 42.6 Å². The predicted octanol–water partition coefficient (Wildman–Crippen LogP) is 2.47. The van der Waals surface area contributed by atoms with Crippen molar-refractivity contribution < 1.29 is 9.53 Å². The van der Waals surface area contributed by atoms with Gasteiger partial charge in [-0.3, -0.25) is 4.98 Å². The van der Waals surface area contributed by atoms with E-state index in [2.05, 4.69) is 33.6 Å². The van der Waals surface area contributed by atoms with Gasteiger partial charge in [-0.1, -0.05) is 35.8 Å². The molecule has 1 aliphatic rings. The van der Waals surface area contributed by atoms with Crippen LogP contribution in [0.3, 0.4) is 0 Å². The molecular weight excluding hydrogens is 308 g/mol. The Morgan fingerprint density at radius 1 is 1.22 bits per heavy atom. The highest BCUT2D eigenvalue weighted by Crippen LogP contribution is 2.10. The number of nitrogens with zero attached hydrogens (tertiary/aromatic N) is 2. The van der Waals surface area contributed by atoms with Crippen LogP contribution in [0.5, 0.6) is 0 Å². The number of benzene rings is 1. The van der Waals surface area contributed by atoms with Crippen LogP contribution in [0.4, 0.5) is 0 Å². The van der Waals surface area contributed by atoms with Crippen molar-refractivity contribution in [3.8, 4) is 23.7 Å². The zero-order valence-corrected chi connectivity index (χ0v) is 13.0. The number of hydrogen-bond donors (Lipinski definition) is 0. The number of allylic oxidation sites excluding steroid dienone is 1. The molecule has 3 rings (SSSR count). The van der Waals surface area contributed by atoms with Crippen molar-refractivity contribution in [1.29, 1.82) is 0 Å². The number of rotatable bonds is 2. The van der Waals surface area contributed by atoms with Crippen molar-refractivity contribution in [2.45, 2.75) is 6.10 Å². The van der Waals surface area contributed by atoms with Gasteiger partial charge in [-0.15, -0.1) is 11.8 Å². The minimum absolute atomic E-state index is 0.163. The van der Waals surface area contributed by atoms with Crippen molar-refractivity contribution in [3.05, 3.63) is 48.3 Å². The average molecular weight is 320 g/mol. The molecule has 0 N–H and O–H groups in total. The van der Waals surface area contributed by atoms with Crippen LogP contribution in [-0.4, -0.2) is 33.5 Å². The summed E-state index contributed by atoms with van der Waals surface area (Å²) < 4.78 is 5.38. The molecule has 1 aromatic carbocycles. The highest BCUT2D eigenvalue weighted by Gasteiger charge is 2.14. The van der Waals surface area contributed by atoms with Crippen LogP contribution < -0.4 is 0 Å². The van der Waals surface area contributed by atoms with Crippen LogP contribution >= 0.6 is 11.8 Å². The van der Waals surface area contributed by atoms with Gasteiger partial charge in [0.25, 0.3) is 0 Å². The summed E-state index contributed by atoms with van der Waals surface area (Å²) in [4.78, 5) is 20.7. The van der Waals surface area contributed by atoms with Gasteiger partial charge >= 0.3 is 5.97 Å². The van der Waals surface area contributed by atoms with E-state index in [1.807, 2.05) is 18.2 Å². The molecule has 2 heterocycles. The van der Waals surface area contributed by atoms with Gasteiger partial charge in [0, 0.05) is 0 Å². The van der Waals surface area contributed by atoms with Gasteiger partial charge in [-0.2, -0.15) is 0 Å². The molecule has 0 bridgehead atoms. The second kappa shape index (κ2) is 7.49. The summed E-state index contributed by atoms with van der Waals surface area (Å²) in [6.07, 6.45) is 4.11. The summed E-state index contributed by atoms with van der Waals surface area (Å²) in [6, 6.07) is 7.35. The van der Waals surface area contributed by atoms with Crippen molar-refractivity contribution in [3.63, 3.8) is 0 Å². The van der Waals surface area contributed by atoms with Gasteiger partial charge in [0.15, 0.2) is 11.8 Å². The number of fused-ring (bicyclic) bond motifs is 1. The maximum absolute atomic E-state index is 12.2. The Morgan fingerprint density at radius 3 is 2.96 bits per heavy atom. The van der Waals surface area contributed by atoms with Gasteiger partial charge in [0.2, 0.25) is 0 Å². The van der Waals surface area contributed by atoms with Crippen molar-refractivity contribution in [2.75, 3.05) is 11.5 Å². The standard InChI is InChI=1S/C18H12N2O2S/c21-18(17-13-19-15-9-3-4-10-16(15)20-17)22-14-7-2-1-5-11-23-12-6-8-14/h2-4,7,9-10,13-14H,11-12H2/b7-2-. The van der Waals surface area contributed by atoms with Gasteiger partial charge in [0.1, 0.15) is 0 Å². The molecule has 0 radical (unpaired) electrons. The lowest BCUT2D eigenvalue weighted by Gasteiger charge is -2.08. The topological polar surface area (TPSA) is 52.1 Å². The van der Waals surface area contributed by atoms with Crippen LogP contribution in [0.1, 0.15) is 10.5 Å². The highest BCUT2D eigenvalue weighted by atomic mass is 32.2. The number of aromatic nitrogens is 2. The number of esters is 1. The smallest absolute Gasteiger partial charge is 0.360 e. The molecule has 0 fully saturated rings. The van der Waals surface area contributed by atoms with E-state index in [1.54, 1.807) is 30.0 Å². The van der Waals surface area contributed by atoms with Gasteiger partial charge in [-0.25, -0.2) is 9.78 Å². The Hall–Kier alpha value is -2.76. The average Bonchev–Trinajstić information content (AvgIpc) is 2.60. The molecule has 0 amide bonds. The first kappa shape index (κ1) is 15.1. The number of carbonyl (C=O) groups excluding carboxylic acids is 1. The third-order valence-corrected chi connectivity index (χ3v) is 3.64. The van der Waals surface area contributed by atoms with E-state index in [9.17, 15) is 4.79 Å². The SMILES string of the molecule is O=C(OC1C#CCSCC#C/C=C\1)c1cnc2ccccc2n1. The lowest BCUT2D eigenvalue weighted by molar-refractivity contribution is 0.0468. The van der Waals surface area contributed by atoms with Gasteiger partial charge in [-0.05, 0) is 24.3 Å². The molecule has 0 saturated heterocycles. The third-order valence-electron chi connectivity index (χ3n) is 2.94. The molecule has 1 aromatic heterocycles. The first-order valence-corrected chi connectivity index (χ1v) is 8.12. The molecule has 0 spiro atoms. The zero-order chi connectivity index (χ0) is 15.9. The lowest BCUT2D eigenvalue weighted by Crippen LogP contribution is -2.16. The molecule has 112 valence electrons. The molecule has 0 aliphatic carbocycles. The Kier molecular flexibility index (Phi) is 4.93. The molecule has 4 nitrogen and oxygen atoms in total. The summed E-state index contributed by atoms with van der Waals surface area (Å²) in [5.41, 5.74) is 1.54. The largest absolute Gasteiger partial charge is 0.440 e. The van der Waals surface area contributed by atoms with Gasteiger partial charge in [0.05, 0.1) is 28.7 Å². The van der Waals surface area contributed by atoms with E-state index in [0.717, 1.165) is 11.3 Å². The normalized spacial score (nSPS) is 18.0. The molecule has 1 atom stereocenters. The van der Waals surface area contributed by atoms with E-state index in [-0.39, 0.29) is 5.69 Å². The van der Waals surface area contributed by atoms with Crippen LogP contribution in [-0.2, 0) is 4.74 Å². The first-order valence-electron chi connectivity index (χ1n) is 6.97. The van der Waals surface area contributed by atoms with Crippen molar-refractivity contribution in [1.82, 2.24) is 9.97 Å². The molecule has 1 aliphatic heterocycles. The monoisotopic (exact) mass is 320 g/mol. The maximum Gasteiger partial charge on any atom is 0.360 e. The summed E-state index contributed by atoms with van der Waals surface area (Å²) >= 11 is 1.63. The third kappa shape index (κ3) is 4.12. The number of ether oxygens (including phenoxy) is 1. The fourth-order valence-electron chi connectivity index (χ4n) is 1.88. The molecule has 2 aromatic rings. The van der Waals surface area contributed by atoms with Crippen LogP contribution in [0, 0.1) is 23.7 Å². The van der Waals surface area contributed by atoms with Gasteiger partial charge < -0.3 is 4.74 Å². The Bertz CT molecular complexity index is 884. The van der Waals surface area contributed by atoms with Crippen molar-refractivity contribution >= 4 is 28.8 Å². The fourth-order valence-corrected chi connectivity index (χ4v) is 2.35. The summed E-state index contributed by atoms with van der Waals surface area (Å²) in [6.45, 7) is 0. The number of thioether (sulfide) groups is 1. The first-order chi connectivity index (χ1) is 11.3. The number of para-hydroxylation sites is 2. The number of hydrogen-bond acceptors (Lipinski definition) is 5. The van der Waals surface area contributed by atoms with E-state index in [4.69, 9.17) is 4.74 Å². The maximum atomic E-state index is 12.2. The summed E-state index contributed by atoms with van der Waals surface area (Å²) in [7, 11) is 0. The minimum Gasteiger partial charge on any atom is -0.440 e. The molecule has 0 saturated carbocycles. The van der Waals surface area contributed by atoms with E-state index in [1.165, 1.54) is 6.20 Å². The second-order valence-corrected chi connectivity index (χ2v) is 5.55. The Morgan fingerprint density at radius 2 is 2.04 bits per heavy atom. The Labute approximate surface area is 138 Å². The lowest BCUT2D eigenvalue weighted by atomic mass is 10.3. The summed E-state index contributed by atoms with van der Waals surface area (Å²) in [5, 5.41) is 0. The molecular formula is C18H12N2O2S.